The number of carboxylic acid groups (broad SMARTS) is 1. The van der Waals surface area contributed by atoms with E-state index in [1.807, 2.05) is 24.3 Å². The van der Waals surface area contributed by atoms with E-state index >= 15 is 0 Å². The third kappa shape index (κ3) is 5.14. The lowest BCUT2D eigenvalue weighted by Gasteiger charge is -2.25. The number of benzene rings is 1. The second-order valence-electron chi connectivity index (χ2n) is 9.12. The van der Waals surface area contributed by atoms with Gasteiger partial charge < -0.3 is 20.2 Å². The molecule has 9 nitrogen and oxygen atoms in total. The predicted molar refractivity (Wildman–Crippen MR) is 143 cm³/mol. The van der Waals surface area contributed by atoms with Crippen molar-refractivity contribution in [3.8, 4) is 22.4 Å². The molecule has 1 fully saturated rings. The minimum atomic E-state index is -1.09. The number of aromatic nitrogens is 2. The first-order valence-corrected chi connectivity index (χ1v) is 13.0. The fraction of sp³-hybridized carbons (Fsp3) is 0.269. The van der Waals surface area contributed by atoms with E-state index in [-0.39, 0.29) is 42.6 Å². The predicted octanol–water partition coefficient (Wildman–Crippen LogP) is 4.99. The van der Waals surface area contributed by atoms with Crippen molar-refractivity contribution in [1.82, 2.24) is 25.1 Å². The second kappa shape index (κ2) is 10.8. The molecule has 196 valence electrons. The van der Waals surface area contributed by atoms with Crippen molar-refractivity contribution in [2.24, 2.45) is 0 Å². The number of carbonyl (C=O) groups is 3. The van der Waals surface area contributed by atoms with Crippen LogP contribution in [0.4, 0.5) is 4.79 Å². The molecule has 3 amide bonds. The van der Waals surface area contributed by atoms with Crippen LogP contribution in [0.15, 0.2) is 42.7 Å². The summed E-state index contributed by atoms with van der Waals surface area (Å²) >= 11 is 19.2. The van der Waals surface area contributed by atoms with Gasteiger partial charge in [0.2, 0.25) is 5.91 Å². The third-order valence-corrected chi connectivity index (χ3v) is 7.89. The lowest BCUT2D eigenvalue weighted by molar-refractivity contribution is -0.119. The summed E-state index contributed by atoms with van der Waals surface area (Å²) in [4.78, 5) is 47.5. The first-order chi connectivity index (χ1) is 18.2. The number of carbonyl (C=O) groups excluding carboxylic acids is 2. The molecule has 1 saturated heterocycles. The molecule has 0 bridgehead atoms. The molecule has 38 heavy (non-hydrogen) atoms. The molecule has 1 atom stereocenters. The molecule has 3 aromatic rings. The van der Waals surface area contributed by atoms with Crippen molar-refractivity contribution in [1.29, 1.82) is 0 Å². The fourth-order valence-corrected chi connectivity index (χ4v) is 5.44. The van der Waals surface area contributed by atoms with E-state index in [0.29, 0.717) is 57.4 Å². The Morgan fingerprint density at radius 1 is 1.08 bits per heavy atom. The number of hydrogen-bond donors (Lipinski definition) is 2. The van der Waals surface area contributed by atoms with Gasteiger partial charge in [-0.15, -0.1) is 0 Å². The molecular formula is C26H22Cl3N5O4. The van der Waals surface area contributed by atoms with Gasteiger partial charge in [-0.1, -0.05) is 53.0 Å². The maximum Gasteiger partial charge on any atom is 0.407 e. The highest BCUT2D eigenvalue weighted by atomic mass is 35.5. The quantitative estimate of drug-likeness (QED) is 0.384. The van der Waals surface area contributed by atoms with Gasteiger partial charge in [0.15, 0.2) is 0 Å². The Balaban J connectivity index is 1.33. The zero-order chi connectivity index (χ0) is 27.0. The Kier molecular flexibility index (Phi) is 7.43. The molecule has 2 aliphatic heterocycles. The van der Waals surface area contributed by atoms with Crippen molar-refractivity contribution in [2.45, 2.75) is 25.4 Å². The molecule has 0 spiro atoms. The van der Waals surface area contributed by atoms with E-state index < -0.39 is 6.09 Å². The molecule has 0 saturated carbocycles. The van der Waals surface area contributed by atoms with Crippen LogP contribution in [-0.2, 0) is 11.3 Å². The van der Waals surface area contributed by atoms with Crippen molar-refractivity contribution < 1.29 is 19.5 Å². The van der Waals surface area contributed by atoms with E-state index in [4.69, 9.17) is 34.8 Å². The smallest absolute Gasteiger partial charge is 0.407 e. The van der Waals surface area contributed by atoms with Crippen LogP contribution in [0, 0.1) is 0 Å². The van der Waals surface area contributed by atoms with Crippen LogP contribution >= 0.6 is 34.8 Å². The van der Waals surface area contributed by atoms with Gasteiger partial charge in [-0.2, -0.15) is 0 Å². The zero-order valence-corrected chi connectivity index (χ0v) is 22.2. The van der Waals surface area contributed by atoms with Crippen molar-refractivity contribution in [3.05, 3.63) is 69.1 Å². The highest BCUT2D eigenvalue weighted by molar-refractivity contribution is 6.43. The molecule has 4 heterocycles. The first kappa shape index (κ1) is 26.2. The Labute approximate surface area is 233 Å². The van der Waals surface area contributed by atoms with Crippen LogP contribution in [0.1, 0.15) is 28.8 Å². The second-order valence-corrected chi connectivity index (χ2v) is 10.2. The van der Waals surface area contributed by atoms with Gasteiger partial charge >= 0.3 is 6.09 Å². The van der Waals surface area contributed by atoms with Crippen LogP contribution in [0.5, 0.6) is 0 Å². The summed E-state index contributed by atoms with van der Waals surface area (Å²) < 4.78 is 0. The van der Waals surface area contributed by atoms with E-state index in [9.17, 15) is 19.5 Å². The average Bonchev–Trinajstić information content (AvgIpc) is 3.45. The normalized spacial score (nSPS) is 16.5. The summed E-state index contributed by atoms with van der Waals surface area (Å²) in [6.07, 6.45) is 2.97. The topological polar surface area (TPSA) is 116 Å². The van der Waals surface area contributed by atoms with Crippen LogP contribution in [-0.4, -0.2) is 68.5 Å². The largest absolute Gasteiger partial charge is 0.465 e. The Bertz CT molecular complexity index is 1450. The highest BCUT2D eigenvalue weighted by Crippen LogP contribution is 2.40. The van der Waals surface area contributed by atoms with E-state index in [2.05, 4.69) is 15.3 Å². The number of fused-ring (bicyclic) bond motifs is 1. The number of hydrogen-bond acceptors (Lipinski definition) is 5. The molecular weight excluding hydrogens is 553 g/mol. The van der Waals surface area contributed by atoms with Crippen molar-refractivity contribution in [3.63, 3.8) is 0 Å². The van der Waals surface area contributed by atoms with Gasteiger partial charge in [0, 0.05) is 67.7 Å². The summed E-state index contributed by atoms with van der Waals surface area (Å²) in [7, 11) is 0. The van der Waals surface area contributed by atoms with Gasteiger partial charge in [0.1, 0.15) is 5.15 Å². The Morgan fingerprint density at radius 3 is 2.58 bits per heavy atom. The van der Waals surface area contributed by atoms with Crippen LogP contribution in [0.25, 0.3) is 22.4 Å². The molecule has 12 heteroatoms. The molecule has 0 radical (unpaired) electrons. The van der Waals surface area contributed by atoms with Crippen molar-refractivity contribution in [2.75, 3.05) is 19.6 Å². The Hall–Kier alpha value is -3.40. The maximum absolute atomic E-state index is 13.0. The van der Waals surface area contributed by atoms with E-state index in [1.54, 1.807) is 17.2 Å². The van der Waals surface area contributed by atoms with Gasteiger partial charge in [-0.05, 0) is 24.1 Å². The monoisotopic (exact) mass is 573 g/mol. The summed E-state index contributed by atoms with van der Waals surface area (Å²) in [5.74, 6) is -0.288. The van der Waals surface area contributed by atoms with Gasteiger partial charge in [0.25, 0.3) is 5.91 Å². The number of nitrogens with one attached hydrogen (secondary N) is 1. The lowest BCUT2D eigenvalue weighted by Crippen LogP contribution is -2.44. The minimum absolute atomic E-state index is 0.0767. The molecule has 1 aromatic carbocycles. The number of rotatable bonds is 7. The number of amides is 3. The van der Waals surface area contributed by atoms with Crippen LogP contribution in [0.3, 0.4) is 0 Å². The summed E-state index contributed by atoms with van der Waals surface area (Å²) in [5.41, 5.74) is 3.81. The summed E-state index contributed by atoms with van der Waals surface area (Å²) in [6.45, 7) is 0.849. The standard InChI is InChI=1S/C26H22Cl3N5O4/c27-22-16(17-6-7-30-24(29)23(17)28)2-1-3-18(22)20-10-14-12-33(25(36)19(14)11-31-20)8-9-34(26(37)38)13-15-4-5-21(35)32-15/h1-3,6-7,10-11,15H,4-5,8-9,12-13H2,(H,32,35)(H,37,38)/t15-/m0/s1. The molecule has 2 aromatic heterocycles. The van der Waals surface area contributed by atoms with E-state index in [0.717, 1.165) is 5.56 Å². The maximum atomic E-state index is 13.0. The molecule has 0 aliphatic carbocycles. The van der Waals surface area contributed by atoms with Gasteiger partial charge in [-0.3, -0.25) is 14.6 Å². The fourth-order valence-electron chi connectivity index (χ4n) is 4.75. The number of pyridine rings is 2. The molecule has 2 aliphatic rings. The summed E-state index contributed by atoms with van der Waals surface area (Å²) in [5, 5.41) is 13.3. The van der Waals surface area contributed by atoms with E-state index in [1.165, 1.54) is 11.1 Å². The number of nitrogens with zero attached hydrogens (tertiary/aromatic N) is 4. The van der Waals surface area contributed by atoms with Gasteiger partial charge in [-0.25, -0.2) is 9.78 Å². The molecule has 2 N–H and O–H groups in total. The lowest BCUT2D eigenvalue weighted by atomic mass is 10.0. The summed E-state index contributed by atoms with van der Waals surface area (Å²) in [6, 6.07) is 8.83. The Morgan fingerprint density at radius 2 is 1.84 bits per heavy atom. The van der Waals surface area contributed by atoms with Gasteiger partial charge in [0.05, 0.1) is 21.3 Å². The number of halogens is 3. The zero-order valence-electron chi connectivity index (χ0n) is 20.0. The van der Waals surface area contributed by atoms with Crippen LogP contribution in [0.2, 0.25) is 15.2 Å². The average molecular weight is 575 g/mol. The third-order valence-electron chi connectivity index (χ3n) is 6.72. The molecule has 5 rings (SSSR count). The van der Waals surface area contributed by atoms with Crippen molar-refractivity contribution >= 4 is 52.7 Å². The minimum Gasteiger partial charge on any atom is -0.465 e. The highest BCUT2D eigenvalue weighted by Gasteiger charge is 2.30. The SMILES string of the molecule is O=C1CC[C@@H](CN(CCN2Cc3cc(-c4cccc(-c5ccnc(Cl)c5Cl)c4Cl)ncc3C2=O)C(=O)O)N1. The molecule has 0 unspecified atom stereocenters. The van der Waals surface area contributed by atoms with Crippen LogP contribution < -0.4 is 5.32 Å². The first-order valence-electron chi connectivity index (χ1n) is 11.9.